The van der Waals surface area contributed by atoms with Gasteiger partial charge in [0.2, 0.25) is 0 Å². The van der Waals surface area contributed by atoms with Crippen LogP contribution in [0, 0.1) is 4.64 Å². The number of carbonyl (C=O) groups is 1. The van der Waals surface area contributed by atoms with E-state index in [0.717, 1.165) is 10.6 Å². The van der Waals surface area contributed by atoms with Crippen LogP contribution in [0.5, 0.6) is 0 Å². The van der Waals surface area contributed by atoms with Crippen molar-refractivity contribution >= 4 is 56.0 Å². The molecular formula is C18H19N3O3S3. The number of fused-ring (bicyclic) bond motifs is 1. The van der Waals surface area contributed by atoms with Gasteiger partial charge < -0.3 is 0 Å². The molecule has 1 aliphatic rings. The van der Waals surface area contributed by atoms with Crippen LogP contribution in [0.3, 0.4) is 0 Å². The van der Waals surface area contributed by atoms with Crippen LogP contribution in [0.25, 0.3) is 0 Å². The SMILES string of the molecule is C=S(C)(=O)c1ccc(C(=O)CSC2=Nc3c(c(=S)n(C)c(=O)n3C)C2)cc1. The number of hydrogen-bond donors (Lipinski definition) is 0. The third-order valence-corrected chi connectivity index (χ3v) is 7.09. The van der Waals surface area contributed by atoms with Crippen molar-refractivity contribution in [2.45, 2.75) is 11.3 Å². The minimum Gasteiger partial charge on any atom is -0.293 e. The van der Waals surface area contributed by atoms with Crippen LogP contribution in [0.15, 0.2) is 38.9 Å². The summed E-state index contributed by atoms with van der Waals surface area (Å²) in [6, 6.07) is 6.69. The minimum absolute atomic E-state index is 0.0464. The van der Waals surface area contributed by atoms with Crippen molar-refractivity contribution < 1.29 is 9.00 Å². The second kappa shape index (κ2) is 7.21. The van der Waals surface area contributed by atoms with Gasteiger partial charge in [-0.15, -0.1) is 11.8 Å². The Morgan fingerprint density at radius 2 is 1.93 bits per heavy atom. The van der Waals surface area contributed by atoms with Crippen LogP contribution in [-0.4, -0.2) is 42.0 Å². The molecule has 1 aliphatic heterocycles. The summed E-state index contributed by atoms with van der Waals surface area (Å²) in [4.78, 5) is 29.7. The Morgan fingerprint density at radius 1 is 1.30 bits per heavy atom. The summed E-state index contributed by atoms with van der Waals surface area (Å²) in [5.74, 6) is 4.38. The highest BCUT2D eigenvalue weighted by Crippen LogP contribution is 2.29. The molecule has 3 rings (SSSR count). The average Bonchev–Trinajstić information content (AvgIpc) is 3.06. The molecular weight excluding hydrogens is 402 g/mol. The van der Waals surface area contributed by atoms with Crippen molar-refractivity contribution in [1.82, 2.24) is 9.13 Å². The van der Waals surface area contributed by atoms with E-state index in [1.165, 1.54) is 20.9 Å². The van der Waals surface area contributed by atoms with Gasteiger partial charge in [0, 0.05) is 42.8 Å². The Morgan fingerprint density at radius 3 is 2.52 bits per heavy atom. The van der Waals surface area contributed by atoms with Crippen molar-refractivity contribution in [3.63, 3.8) is 0 Å². The van der Waals surface area contributed by atoms with Crippen molar-refractivity contribution in [2.24, 2.45) is 19.1 Å². The number of ketones is 1. The molecule has 27 heavy (non-hydrogen) atoms. The topological polar surface area (TPSA) is 73.4 Å². The Bertz CT molecular complexity index is 1190. The van der Waals surface area contributed by atoms with Crippen molar-refractivity contribution in [3.8, 4) is 0 Å². The Balaban J connectivity index is 1.74. The lowest BCUT2D eigenvalue weighted by Crippen LogP contribution is -2.28. The third-order valence-electron chi connectivity index (χ3n) is 4.33. The number of hydrogen-bond acceptors (Lipinski definition) is 6. The van der Waals surface area contributed by atoms with Gasteiger partial charge in [0.1, 0.15) is 10.5 Å². The van der Waals surface area contributed by atoms with Gasteiger partial charge in [-0.1, -0.05) is 24.4 Å². The van der Waals surface area contributed by atoms with Gasteiger partial charge in [-0.2, -0.15) is 0 Å². The van der Waals surface area contributed by atoms with Crippen LogP contribution < -0.4 is 5.69 Å². The molecule has 1 aromatic carbocycles. The maximum atomic E-state index is 12.4. The van der Waals surface area contributed by atoms with Gasteiger partial charge in [0.25, 0.3) is 0 Å². The number of rotatable bonds is 4. The standard InChI is InChI=1S/C18H19N3O3S3/c1-20-16-13(17(25)21(2)18(20)23)9-15(19-16)26-10-14(22)11-5-7-12(8-6-11)27(3,4)24/h5-8H,3,9-10H2,1-2,4H3. The smallest absolute Gasteiger partial charge is 0.293 e. The van der Waals surface area contributed by atoms with E-state index in [0.29, 0.717) is 27.3 Å². The first-order valence-corrected chi connectivity index (χ1v) is 11.6. The second-order valence-electron chi connectivity index (χ2n) is 6.43. The van der Waals surface area contributed by atoms with Gasteiger partial charge in [0.05, 0.1) is 10.8 Å². The van der Waals surface area contributed by atoms with Crippen molar-refractivity contribution in [2.75, 3.05) is 12.0 Å². The lowest BCUT2D eigenvalue weighted by Gasteiger charge is -2.07. The van der Waals surface area contributed by atoms with Gasteiger partial charge in [0.15, 0.2) is 5.78 Å². The number of aliphatic imine (C=N–C) groups is 1. The number of nitrogens with zero attached hydrogens (tertiary/aromatic N) is 3. The zero-order chi connectivity index (χ0) is 19.9. The predicted molar refractivity (Wildman–Crippen MR) is 115 cm³/mol. The number of carbonyl (C=O) groups excluding carboxylic acids is 1. The maximum Gasteiger partial charge on any atom is 0.330 e. The molecule has 0 amide bonds. The van der Waals surface area contributed by atoms with Crippen LogP contribution >= 0.6 is 24.0 Å². The molecule has 0 saturated carbocycles. The fraction of sp³-hybridized carbons (Fsp3) is 0.278. The zero-order valence-corrected chi connectivity index (χ0v) is 17.7. The Kier molecular flexibility index (Phi) is 5.29. The highest BCUT2D eigenvalue weighted by Gasteiger charge is 2.22. The fourth-order valence-electron chi connectivity index (χ4n) is 2.75. The molecule has 2 heterocycles. The molecule has 142 valence electrons. The second-order valence-corrected chi connectivity index (χ2v) is 10.3. The molecule has 0 fully saturated rings. The largest absolute Gasteiger partial charge is 0.330 e. The van der Waals surface area contributed by atoms with E-state index < -0.39 is 9.52 Å². The van der Waals surface area contributed by atoms with Gasteiger partial charge >= 0.3 is 5.69 Å². The third kappa shape index (κ3) is 3.85. The number of aromatic nitrogens is 2. The molecule has 6 nitrogen and oxygen atoms in total. The first kappa shape index (κ1) is 19.8. The molecule has 0 bridgehead atoms. The van der Waals surface area contributed by atoms with E-state index in [1.807, 2.05) is 0 Å². The molecule has 1 aromatic heterocycles. The van der Waals surface area contributed by atoms with Crippen LogP contribution in [-0.2, 0) is 30.0 Å². The Labute approximate surface area is 167 Å². The first-order chi connectivity index (χ1) is 12.6. The van der Waals surface area contributed by atoms with E-state index in [2.05, 4.69) is 10.9 Å². The maximum absolute atomic E-state index is 12.4. The van der Waals surface area contributed by atoms with Gasteiger partial charge in [-0.25, -0.2) is 9.79 Å². The summed E-state index contributed by atoms with van der Waals surface area (Å²) in [5.41, 5.74) is 1.17. The average molecular weight is 422 g/mol. The summed E-state index contributed by atoms with van der Waals surface area (Å²) in [5, 5.41) is 0.761. The van der Waals surface area contributed by atoms with E-state index in [9.17, 15) is 13.8 Å². The molecule has 0 aliphatic carbocycles. The molecule has 0 spiro atoms. The van der Waals surface area contributed by atoms with E-state index in [1.54, 1.807) is 44.6 Å². The molecule has 9 heteroatoms. The van der Waals surface area contributed by atoms with Crippen LogP contribution in [0.2, 0.25) is 0 Å². The normalized spacial score (nSPS) is 15.1. The van der Waals surface area contributed by atoms with Crippen molar-refractivity contribution in [3.05, 3.63) is 50.5 Å². The molecule has 1 unspecified atom stereocenters. The summed E-state index contributed by atoms with van der Waals surface area (Å²) in [6.45, 7) is 0. The predicted octanol–water partition coefficient (Wildman–Crippen LogP) is 2.36. The monoisotopic (exact) mass is 421 g/mol. The van der Waals surface area contributed by atoms with Crippen molar-refractivity contribution in [1.29, 1.82) is 0 Å². The molecule has 0 saturated heterocycles. The molecule has 2 aromatic rings. The number of benzene rings is 1. The van der Waals surface area contributed by atoms with E-state index in [4.69, 9.17) is 12.2 Å². The van der Waals surface area contributed by atoms with E-state index >= 15 is 0 Å². The van der Waals surface area contributed by atoms with Crippen LogP contribution in [0.1, 0.15) is 15.9 Å². The molecule has 0 N–H and O–H groups in total. The Hall–Kier alpha value is -1.97. The van der Waals surface area contributed by atoms with Gasteiger partial charge in [-0.05, 0) is 27.5 Å². The fourth-order valence-corrected chi connectivity index (χ4v) is 4.57. The lowest BCUT2D eigenvalue weighted by molar-refractivity contribution is 0.102. The van der Waals surface area contributed by atoms with E-state index in [-0.39, 0.29) is 17.2 Å². The molecule has 1 atom stereocenters. The highest BCUT2D eigenvalue weighted by atomic mass is 32.2. The minimum atomic E-state index is -2.29. The summed E-state index contributed by atoms with van der Waals surface area (Å²) in [7, 11) is 1.01. The highest BCUT2D eigenvalue weighted by molar-refractivity contribution is 8.14. The quantitative estimate of drug-likeness (QED) is 0.560. The lowest BCUT2D eigenvalue weighted by atomic mass is 10.1. The van der Waals surface area contributed by atoms with Gasteiger partial charge in [-0.3, -0.25) is 18.1 Å². The summed E-state index contributed by atoms with van der Waals surface area (Å²) in [6.07, 6.45) is 2.09. The summed E-state index contributed by atoms with van der Waals surface area (Å²) >= 11 is 6.69. The number of Topliss-reactive ketones (excluding diaryl/α,β-unsaturated/α-hetero) is 1. The zero-order valence-electron chi connectivity index (χ0n) is 15.2. The summed E-state index contributed by atoms with van der Waals surface area (Å²) < 4.78 is 15.3. The van der Waals surface area contributed by atoms with Crippen LogP contribution in [0.4, 0.5) is 5.82 Å². The molecule has 0 radical (unpaired) electrons. The first-order valence-electron chi connectivity index (χ1n) is 8.04. The number of thioether (sulfide) groups is 1.